The largest absolute Gasteiger partial charge is 0.573 e. The smallest absolute Gasteiger partial charge is 0.479 e. The molecule has 4 rings (SSSR count). The molecule has 13 nitrogen and oxygen atoms in total. The summed E-state index contributed by atoms with van der Waals surface area (Å²) in [7, 11) is 1.30. The van der Waals surface area contributed by atoms with Gasteiger partial charge in [0.25, 0.3) is 5.91 Å². The van der Waals surface area contributed by atoms with Crippen LogP contribution in [0.15, 0.2) is 88.2 Å². The molecule has 6 N–H and O–H groups in total. The molecule has 16 heteroatoms. The lowest BCUT2D eigenvalue weighted by Crippen LogP contribution is -2.36. The van der Waals surface area contributed by atoms with Crippen LogP contribution in [0, 0.1) is 0 Å². The molecule has 0 aliphatic heterocycles. The number of aliphatic carboxylic acids is 1. The zero-order valence-corrected chi connectivity index (χ0v) is 26.3. The van der Waals surface area contributed by atoms with Gasteiger partial charge in [-0.25, -0.2) is 9.59 Å². The number of aliphatic hydroxyl groups excluding tert-OH is 1. The Hall–Kier alpha value is -5.77. The predicted octanol–water partition coefficient (Wildman–Crippen LogP) is 5.66. The van der Waals surface area contributed by atoms with Crippen LogP contribution in [0.25, 0.3) is 5.57 Å². The topological polar surface area (TPSA) is 191 Å². The van der Waals surface area contributed by atoms with Gasteiger partial charge in [0, 0.05) is 16.9 Å². The molecule has 3 amide bonds. The number of anilines is 2. The fourth-order valence-corrected chi connectivity index (χ4v) is 4.92. The number of halogens is 3. The Morgan fingerprint density at radius 3 is 2.37 bits per heavy atom. The lowest BCUT2D eigenvalue weighted by Gasteiger charge is -2.24. The molecule has 0 fully saturated rings. The van der Waals surface area contributed by atoms with Gasteiger partial charge in [-0.3, -0.25) is 9.69 Å². The predicted molar refractivity (Wildman–Crippen MR) is 175 cm³/mol. The fraction of sp³-hybridized carbons (Fsp3) is 0.273. The van der Waals surface area contributed by atoms with Crippen molar-refractivity contribution < 1.29 is 42.5 Å². The third kappa shape index (κ3) is 10.4. The van der Waals surface area contributed by atoms with Gasteiger partial charge >= 0.3 is 18.4 Å². The number of amides is 3. The highest BCUT2D eigenvalue weighted by Gasteiger charge is 2.33. The van der Waals surface area contributed by atoms with Crippen LogP contribution in [0.4, 0.5) is 29.3 Å². The quantitative estimate of drug-likeness (QED) is 0.0705. The molecule has 3 aromatic carbocycles. The SMILES string of the molecule is CN=N/N=C(\N)c1cc(NC(=O)N(Cc2ccc(C(=O)NC[C@@H](O)C(=O)O)cc2)c2ccc(C3=CCCCC3)cc2)ccc1OC(F)(F)F. The standard InChI is InChI=1S/C33H34F3N7O6/c1-38-42-41-29(37)26-17-24(13-16-28(26)49-33(34,35)36)40-32(48)43(25-14-11-22(12-15-25)21-5-3-2-4-6-21)19-20-7-9-23(10-8-20)30(45)39-18-27(44)31(46)47/h5,7-17,27,44H,2-4,6,18-19H2,1H3,(H,39,45)(H,40,48)(H,46,47)(H2,37,38,41)/t27-/m1/s1. The van der Waals surface area contributed by atoms with Crippen LogP contribution < -0.4 is 26.0 Å². The van der Waals surface area contributed by atoms with Gasteiger partial charge in [-0.15, -0.1) is 18.3 Å². The molecule has 49 heavy (non-hydrogen) atoms. The van der Waals surface area contributed by atoms with Crippen molar-refractivity contribution >= 4 is 40.7 Å². The van der Waals surface area contributed by atoms with E-state index in [1.54, 1.807) is 24.3 Å². The Morgan fingerprint density at radius 2 is 1.76 bits per heavy atom. The van der Waals surface area contributed by atoms with E-state index < -0.39 is 48.5 Å². The first-order valence-electron chi connectivity index (χ1n) is 15.0. The minimum absolute atomic E-state index is 0.0100. The molecule has 0 bridgehead atoms. The summed E-state index contributed by atoms with van der Waals surface area (Å²) in [6, 6.07) is 16.3. The highest BCUT2D eigenvalue weighted by molar-refractivity contribution is 6.04. The van der Waals surface area contributed by atoms with E-state index in [2.05, 4.69) is 36.9 Å². The Labute approximate surface area is 279 Å². The number of alkyl halides is 3. The van der Waals surface area contributed by atoms with Gasteiger partial charge in [0.2, 0.25) is 0 Å². The second-order valence-corrected chi connectivity index (χ2v) is 10.8. The van der Waals surface area contributed by atoms with E-state index in [9.17, 15) is 32.7 Å². The maximum atomic E-state index is 13.8. The number of hydrogen-bond donors (Lipinski definition) is 5. The van der Waals surface area contributed by atoms with Crippen molar-refractivity contribution in [3.05, 3.63) is 95.1 Å². The van der Waals surface area contributed by atoms with Gasteiger partial charge in [-0.2, -0.15) is 5.11 Å². The van der Waals surface area contributed by atoms with Crippen molar-refractivity contribution in [2.45, 2.75) is 44.7 Å². The molecule has 0 saturated carbocycles. The number of hydrogen-bond acceptors (Lipinski definition) is 7. The zero-order chi connectivity index (χ0) is 35.6. The minimum Gasteiger partial charge on any atom is -0.479 e. The molecule has 258 valence electrons. The fourth-order valence-electron chi connectivity index (χ4n) is 4.92. The average Bonchev–Trinajstić information content (AvgIpc) is 3.09. The first kappa shape index (κ1) is 36.1. The molecule has 0 aromatic heterocycles. The van der Waals surface area contributed by atoms with Gasteiger partial charge in [0.1, 0.15) is 5.75 Å². The van der Waals surface area contributed by atoms with Gasteiger partial charge < -0.3 is 31.3 Å². The number of nitrogens with one attached hydrogen (secondary N) is 2. The van der Waals surface area contributed by atoms with Crippen molar-refractivity contribution in [3.63, 3.8) is 0 Å². The number of carbonyl (C=O) groups excluding carboxylic acids is 2. The van der Waals surface area contributed by atoms with Crippen LogP contribution in [-0.2, 0) is 11.3 Å². The third-order valence-corrected chi connectivity index (χ3v) is 7.36. The molecule has 1 aliphatic carbocycles. The third-order valence-electron chi connectivity index (χ3n) is 7.36. The maximum absolute atomic E-state index is 13.8. The molecule has 0 heterocycles. The normalized spacial score (nSPS) is 14.1. The summed E-state index contributed by atoms with van der Waals surface area (Å²) in [5, 5.41) is 33.6. The van der Waals surface area contributed by atoms with Crippen LogP contribution in [0.3, 0.4) is 0 Å². The van der Waals surface area contributed by atoms with Crippen molar-refractivity contribution in [2.75, 3.05) is 23.8 Å². The Bertz CT molecular complexity index is 1740. The lowest BCUT2D eigenvalue weighted by molar-refractivity contribution is -0.274. The second-order valence-electron chi connectivity index (χ2n) is 10.8. The molecule has 0 radical (unpaired) electrons. The van der Waals surface area contributed by atoms with E-state index in [0.29, 0.717) is 11.3 Å². The summed E-state index contributed by atoms with van der Waals surface area (Å²) in [6.07, 6.45) is -0.437. The van der Waals surface area contributed by atoms with Crippen molar-refractivity contribution in [2.24, 2.45) is 21.2 Å². The number of aliphatic hydroxyl groups is 1. The van der Waals surface area contributed by atoms with E-state index in [4.69, 9.17) is 10.8 Å². The van der Waals surface area contributed by atoms with Crippen LogP contribution in [0.2, 0.25) is 0 Å². The first-order valence-corrected chi connectivity index (χ1v) is 15.0. The number of carboxylic acids is 1. The van der Waals surface area contributed by atoms with E-state index >= 15 is 0 Å². The maximum Gasteiger partial charge on any atom is 0.573 e. The molecule has 0 spiro atoms. The van der Waals surface area contributed by atoms with E-state index in [1.807, 2.05) is 12.1 Å². The molecule has 3 aromatic rings. The number of rotatable bonds is 12. The van der Waals surface area contributed by atoms with E-state index in [1.165, 1.54) is 35.7 Å². The lowest BCUT2D eigenvalue weighted by atomic mass is 9.93. The summed E-state index contributed by atoms with van der Waals surface area (Å²) >= 11 is 0. The Kier molecular flexibility index (Phi) is 12.0. The number of amidine groups is 1. The van der Waals surface area contributed by atoms with Crippen LogP contribution >= 0.6 is 0 Å². The molecular formula is C33H34F3N7O6. The van der Waals surface area contributed by atoms with Crippen molar-refractivity contribution in [3.8, 4) is 5.75 Å². The highest BCUT2D eigenvalue weighted by atomic mass is 19.4. The number of nitrogens with two attached hydrogens (primary N) is 1. The summed E-state index contributed by atoms with van der Waals surface area (Å²) in [5.41, 5.74) is 9.19. The molecule has 0 saturated heterocycles. The summed E-state index contributed by atoms with van der Waals surface area (Å²) < 4.78 is 43.3. The second kappa shape index (κ2) is 16.4. The van der Waals surface area contributed by atoms with Gasteiger partial charge in [-0.05, 0) is 90.1 Å². The number of carbonyl (C=O) groups is 3. The van der Waals surface area contributed by atoms with Crippen molar-refractivity contribution in [1.29, 1.82) is 0 Å². The number of urea groups is 1. The zero-order valence-electron chi connectivity index (χ0n) is 26.3. The van der Waals surface area contributed by atoms with Crippen molar-refractivity contribution in [1.82, 2.24) is 5.32 Å². The first-order chi connectivity index (χ1) is 23.3. The minimum atomic E-state index is -5.03. The number of carboxylic acid groups (broad SMARTS) is 1. The molecule has 0 unspecified atom stereocenters. The van der Waals surface area contributed by atoms with Gasteiger partial charge in [-0.1, -0.05) is 30.3 Å². The van der Waals surface area contributed by atoms with Gasteiger partial charge in [0.15, 0.2) is 11.9 Å². The Morgan fingerprint density at radius 1 is 1.04 bits per heavy atom. The summed E-state index contributed by atoms with van der Waals surface area (Å²) in [6.45, 7) is -0.474. The summed E-state index contributed by atoms with van der Waals surface area (Å²) in [5.74, 6) is -3.18. The molecule has 1 atom stereocenters. The monoisotopic (exact) mass is 681 g/mol. The number of allylic oxidation sites excluding steroid dienone is 2. The number of nitrogens with zero attached hydrogens (tertiary/aromatic N) is 4. The molecular weight excluding hydrogens is 647 g/mol. The van der Waals surface area contributed by atoms with E-state index in [0.717, 1.165) is 43.4 Å². The highest BCUT2D eigenvalue weighted by Crippen LogP contribution is 2.31. The van der Waals surface area contributed by atoms with Gasteiger partial charge in [0.05, 0.1) is 25.7 Å². The average molecular weight is 682 g/mol. The van der Waals surface area contributed by atoms with Crippen LogP contribution in [0.5, 0.6) is 5.75 Å². The Balaban J connectivity index is 1.62. The number of benzene rings is 3. The van der Waals surface area contributed by atoms with E-state index in [-0.39, 0.29) is 23.4 Å². The number of ether oxygens (including phenoxy) is 1. The summed E-state index contributed by atoms with van der Waals surface area (Å²) in [4.78, 5) is 38.5. The van der Waals surface area contributed by atoms with Crippen LogP contribution in [0.1, 0.15) is 52.7 Å². The molecule has 1 aliphatic rings. The van der Waals surface area contributed by atoms with Crippen LogP contribution in [-0.4, -0.2) is 60.0 Å².